The van der Waals surface area contributed by atoms with Crippen molar-refractivity contribution in [3.05, 3.63) is 39.9 Å². The van der Waals surface area contributed by atoms with Gasteiger partial charge in [0, 0.05) is 37.1 Å². The van der Waals surface area contributed by atoms with Gasteiger partial charge in [0.25, 0.3) is 0 Å². The lowest BCUT2D eigenvalue weighted by atomic mass is 10.1. The number of halogens is 1. The molecule has 29 heavy (non-hydrogen) atoms. The lowest BCUT2D eigenvalue weighted by Gasteiger charge is -2.34. The first kappa shape index (κ1) is 24.1. The van der Waals surface area contributed by atoms with Crippen molar-refractivity contribution in [2.75, 3.05) is 39.4 Å². The summed E-state index contributed by atoms with van der Waals surface area (Å²) in [6, 6.07) is 6.62. The number of nitrogens with one attached hydrogen (secondary N) is 2. The highest BCUT2D eigenvalue weighted by molar-refractivity contribution is 14.0. The molecule has 0 amide bonds. The van der Waals surface area contributed by atoms with Crippen LogP contribution in [0.25, 0.3) is 0 Å². The van der Waals surface area contributed by atoms with Crippen molar-refractivity contribution in [1.29, 1.82) is 0 Å². The van der Waals surface area contributed by atoms with E-state index in [9.17, 15) is 0 Å². The largest absolute Gasteiger partial charge is 0.379 e. The van der Waals surface area contributed by atoms with Crippen molar-refractivity contribution in [1.82, 2.24) is 20.7 Å². The highest BCUT2D eigenvalue weighted by atomic mass is 127. The van der Waals surface area contributed by atoms with Gasteiger partial charge in [0.2, 0.25) is 0 Å². The molecule has 1 unspecified atom stereocenters. The number of guanidine groups is 1. The smallest absolute Gasteiger partial charge is 0.191 e. The van der Waals surface area contributed by atoms with Gasteiger partial charge in [-0.2, -0.15) is 0 Å². The van der Waals surface area contributed by atoms with E-state index in [-0.39, 0.29) is 24.0 Å². The molecule has 1 aliphatic heterocycles. The van der Waals surface area contributed by atoms with E-state index in [4.69, 9.17) is 9.26 Å². The Hall–Kier alpha value is -1.17. The van der Waals surface area contributed by atoms with Gasteiger partial charge in [-0.05, 0) is 24.3 Å². The summed E-state index contributed by atoms with van der Waals surface area (Å²) in [5.74, 6) is 1.93. The Morgan fingerprint density at radius 1 is 1.31 bits per heavy atom. The lowest BCUT2D eigenvalue weighted by molar-refractivity contribution is 0.0177. The Balaban J connectivity index is 0.00000300. The van der Waals surface area contributed by atoms with Crippen molar-refractivity contribution >= 4 is 41.3 Å². The van der Waals surface area contributed by atoms with Gasteiger partial charge < -0.3 is 19.9 Å². The van der Waals surface area contributed by atoms with Crippen LogP contribution in [0.1, 0.15) is 49.1 Å². The molecule has 162 valence electrons. The van der Waals surface area contributed by atoms with Gasteiger partial charge in [0.1, 0.15) is 6.54 Å². The Bertz CT molecular complexity index is 729. The normalized spacial score (nSPS) is 16.5. The average molecular weight is 533 g/mol. The van der Waals surface area contributed by atoms with Crippen LogP contribution in [0.5, 0.6) is 0 Å². The van der Waals surface area contributed by atoms with E-state index in [0.717, 1.165) is 56.8 Å². The first-order valence-electron chi connectivity index (χ1n) is 10.00. The van der Waals surface area contributed by atoms with E-state index in [0.29, 0.717) is 18.5 Å². The molecule has 9 heteroatoms. The van der Waals surface area contributed by atoms with Crippen molar-refractivity contribution in [3.8, 4) is 0 Å². The third-order valence-electron chi connectivity index (χ3n) is 4.73. The number of ether oxygens (including phenoxy) is 1. The highest BCUT2D eigenvalue weighted by Crippen LogP contribution is 2.25. The van der Waals surface area contributed by atoms with Crippen LogP contribution in [0.2, 0.25) is 0 Å². The Morgan fingerprint density at radius 3 is 2.72 bits per heavy atom. The van der Waals surface area contributed by atoms with E-state index in [1.165, 1.54) is 4.88 Å². The minimum absolute atomic E-state index is 0. The van der Waals surface area contributed by atoms with Crippen LogP contribution in [0, 0.1) is 0 Å². The number of hydrogen-bond acceptors (Lipinski definition) is 6. The lowest BCUT2D eigenvalue weighted by Crippen LogP contribution is -2.46. The van der Waals surface area contributed by atoms with E-state index < -0.39 is 0 Å². The molecule has 1 aliphatic rings. The third kappa shape index (κ3) is 7.23. The molecule has 2 N–H and O–H groups in total. The number of thiophene rings is 1. The molecule has 1 fully saturated rings. The number of hydrogen-bond donors (Lipinski definition) is 2. The summed E-state index contributed by atoms with van der Waals surface area (Å²) < 4.78 is 10.9. The fraction of sp³-hybridized carbons (Fsp3) is 0.600. The standard InChI is InChI=1S/C20H31N5O2S.HI/c1-4-21-20(22-13-16-12-17(15(2)3)24-27-16)23-14-18(19-6-5-11-28-19)25-7-9-26-10-8-25;/h5-6,11-12,15,18H,4,7-10,13-14H2,1-3H3,(H2,21,22,23);1H. The Kier molecular flexibility index (Phi) is 10.4. The second kappa shape index (κ2) is 12.5. The van der Waals surface area contributed by atoms with Crippen LogP contribution in [0.15, 0.2) is 33.1 Å². The topological polar surface area (TPSA) is 74.9 Å². The molecule has 0 aromatic carbocycles. The molecule has 0 saturated carbocycles. The molecule has 0 spiro atoms. The van der Waals surface area contributed by atoms with E-state index in [2.05, 4.69) is 64.0 Å². The van der Waals surface area contributed by atoms with Crippen LogP contribution in [-0.4, -0.2) is 55.4 Å². The maximum Gasteiger partial charge on any atom is 0.191 e. The first-order valence-corrected chi connectivity index (χ1v) is 10.9. The SMILES string of the molecule is CCNC(=NCc1cc(C(C)C)no1)NCC(c1cccs1)N1CCOCC1.I. The summed E-state index contributed by atoms with van der Waals surface area (Å²) in [7, 11) is 0. The van der Waals surface area contributed by atoms with Gasteiger partial charge >= 0.3 is 0 Å². The number of aliphatic imine (C=N–C) groups is 1. The van der Waals surface area contributed by atoms with E-state index >= 15 is 0 Å². The van der Waals surface area contributed by atoms with Gasteiger partial charge in [0.15, 0.2) is 11.7 Å². The fourth-order valence-corrected chi connectivity index (χ4v) is 4.01. The highest BCUT2D eigenvalue weighted by Gasteiger charge is 2.23. The average Bonchev–Trinajstić information content (AvgIpc) is 3.39. The van der Waals surface area contributed by atoms with E-state index in [1.807, 2.05) is 6.07 Å². The predicted molar refractivity (Wildman–Crippen MR) is 128 cm³/mol. The summed E-state index contributed by atoms with van der Waals surface area (Å²) in [6.45, 7) is 11.8. The summed E-state index contributed by atoms with van der Waals surface area (Å²) in [6.07, 6.45) is 0. The molecular formula is C20H32IN5O2S. The maximum atomic E-state index is 5.53. The molecule has 3 heterocycles. The summed E-state index contributed by atoms with van der Waals surface area (Å²) >= 11 is 1.80. The summed E-state index contributed by atoms with van der Waals surface area (Å²) in [4.78, 5) is 8.52. The molecule has 3 rings (SSSR count). The summed E-state index contributed by atoms with van der Waals surface area (Å²) in [5.41, 5.74) is 0.966. The van der Waals surface area contributed by atoms with Crippen LogP contribution >= 0.6 is 35.3 Å². The number of aromatic nitrogens is 1. The minimum Gasteiger partial charge on any atom is -0.379 e. The zero-order chi connectivity index (χ0) is 19.8. The molecular weight excluding hydrogens is 501 g/mol. The van der Waals surface area contributed by atoms with Crippen LogP contribution < -0.4 is 10.6 Å². The second-order valence-corrected chi connectivity index (χ2v) is 8.11. The number of morpholine rings is 1. The maximum absolute atomic E-state index is 5.53. The van der Waals surface area contributed by atoms with Gasteiger partial charge in [-0.3, -0.25) is 4.90 Å². The molecule has 0 aliphatic carbocycles. The van der Waals surface area contributed by atoms with Gasteiger partial charge in [0.05, 0.1) is 24.9 Å². The molecule has 0 radical (unpaired) electrons. The Morgan fingerprint density at radius 2 is 2.10 bits per heavy atom. The zero-order valence-electron chi connectivity index (χ0n) is 17.4. The van der Waals surface area contributed by atoms with Crippen molar-refractivity contribution in [3.63, 3.8) is 0 Å². The summed E-state index contributed by atoms with van der Waals surface area (Å²) in [5, 5.41) is 13.1. The van der Waals surface area contributed by atoms with Gasteiger partial charge in [-0.1, -0.05) is 25.1 Å². The molecule has 1 atom stereocenters. The number of nitrogens with zero attached hydrogens (tertiary/aromatic N) is 3. The van der Waals surface area contributed by atoms with Crippen molar-refractivity contribution in [2.45, 2.75) is 39.3 Å². The second-order valence-electron chi connectivity index (χ2n) is 7.13. The molecule has 2 aromatic rings. The quantitative estimate of drug-likeness (QED) is 0.307. The van der Waals surface area contributed by atoms with Crippen LogP contribution in [-0.2, 0) is 11.3 Å². The minimum atomic E-state index is 0. The van der Waals surface area contributed by atoms with Crippen molar-refractivity contribution < 1.29 is 9.26 Å². The fourth-order valence-electron chi connectivity index (χ4n) is 3.15. The first-order chi connectivity index (χ1) is 13.7. The Labute approximate surface area is 194 Å². The molecule has 1 saturated heterocycles. The molecule has 0 bridgehead atoms. The monoisotopic (exact) mass is 533 g/mol. The zero-order valence-corrected chi connectivity index (χ0v) is 20.5. The van der Waals surface area contributed by atoms with Crippen molar-refractivity contribution in [2.24, 2.45) is 4.99 Å². The number of rotatable bonds is 8. The van der Waals surface area contributed by atoms with E-state index in [1.54, 1.807) is 11.3 Å². The van der Waals surface area contributed by atoms with Gasteiger partial charge in [-0.25, -0.2) is 4.99 Å². The third-order valence-corrected chi connectivity index (χ3v) is 5.70. The predicted octanol–water partition coefficient (Wildman–Crippen LogP) is 3.61. The van der Waals surface area contributed by atoms with Crippen LogP contribution in [0.3, 0.4) is 0 Å². The van der Waals surface area contributed by atoms with Gasteiger partial charge in [-0.15, -0.1) is 35.3 Å². The molecule has 7 nitrogen and oxygen atoms in total. The molecule has 2 aromatic heterocycles. The van der Waals surface area contributed by atoms with Crippen LogP contribution in [0.4, 0.5) is 0 Å².